The normalized spacial score (nSPS) is 24.9. The van der Waals surface area contributed by atoms with Gasteiger partial charge < -0.3 is 88.7 Å². The molecule has 2 heterocycles. The number of hydrogen-bond acceptors (Lipinski definition) is 24. The number of esters is 4. The van der Waals surface area contributed by atoms with Gasteiger partial charge in [0.2, 0.25) is 0 Å². The molecule has 10 N–H and O–H groups in total. The molecule has 3 rings (SSSR count). The van der Waals surface area contributed by atoms with E-state index >= 15 is 0 Å². The Bertz CT molecular complexity index is 2500. The van der Waals surface area contributed by atoms with Crippen LogP contribution in [-0.4, -0.2) is 205 Å². The van der Waals surface area contributed by atoms with Crippen LogP contribution in [0.1, 0.15) is 419 Å². The summed E-state index contributed by atoms with van der Waals surface area (Å²) in [7, 11) is -5.80. The number of rotatable bonds is 78. The highest BCUT2D eigenvalue weighted by Gasteiger charge is 2.60. The van der Waals surface area contributed by atoms with Gasteiger partial charge in [0.25, 0.3) is 0 Å². The first-order valence-corrected chi connectivity index (χ1v) is 49.4. The molecule has 3 aliphatic rings. The van der Waals surface area contributed by atoms with E-state index in [4.69, 9.17) is 46.9 Å². The van der Waals surface area contributed by atoms with E-state index in [2.05, 4.69) is 39.8 Å². The van der Waals surface area contributed by atoms with Crippen LogP contribution in [0.5, 0.6) is 0 Å². The molecule has 18 atom stereocenters. The number of aliphatic hydroxyl groups excluding tert-OH is 9. The number of ether oxygens (including phenoxy) is 8. The molecule has 0 bridgehead atoms. The zero-order valence-corrected chi connectivity index (χ0v) is 74.9. The SMILES string of the molecule is CCCCCC/C=C\CCCCCCCCCC(=O)OCC(COP(=O)(O)OC1C(OC2OC(CO)C(O)C(O)C2O)C(O)C(O)C(OC(=O)CCCCCCCCCCCCCCCCCC)C1OC1OC(COC(=O)CCCCCCCCCCCCCCCCC)C(O)C(O)C1O)OC(=O)CCCCCCCCCCCCCCC. The van der Waals surface area contributed by atoms with E-state index in [9.17, 15) is 74.6 Å². The molecule has 694 valence electrons. The Balaban J connectivity index is 1.91. The van der Waals surface area contributed by atoms with Crippen LogP contribution in [0.4, 0.5) is 0 Å². The number of allylic oxidation sites excluding steroid dienone is 2. The summed E-state index contributed by atoms with van der Waals surface area (Å²) in [5, 5.41) is 102. The summed E-state index contributed by atoms with van der Waals surface area (Å²) >= 11 is 0. The van der Waals surface area contributed by atoms with Crippen molar-refractivity contribution in [3.05, 3.63) is 12.2 Å². The summed E-state index contributed by atoms with van der Waals surface area (Å²) < 4.78 is 73.5. The zero-order valence-electron chi connectivity index (χ0n) is 74.0. The minimum absolute atomic E-state index is 0.0191. The first-order valence-electron chi connectivity index (χ1n) is 47.9. The highest BCUT2D eigenvalue weighted by atomic mass is 31.2. The number of carbonyl (C=O) groups excluding carboxylic acids is 4. The van der Waals surface area contributed by atoms with E-state index in [1.165, 1.54) is 186 Å². The van der Waals surface area contributed by atoms with Gasteiger partial charge in [0, 0.05) is 25.7 Å². The largest absolute Gasteiger partial charge is 0.472 e. The third-order valence-electron chi connectivity index (χ3n) is 23.5. The molecule has 1 saturated carbocycles. The van der Waals surface area contributed by atoms with Gasteiger partial charge in [0.05, 0.1) is 13.2 Å². The van der Waals surface area contributed by atoms with E-state index in [0.29, 0.717) is 32.1 Å². The number of hydrogen-bond donors (Lipinski definition) is 10. The molecule has 25 nitrogen and oxygen atoms in total. The molecule has 118 heavy (non-hydrogen) atoms. The van der Waals surface area contributed by atoms with Gasteiger partial charge in [-0.05, 0) is 51.4 Å². The van der Waals surface area contributed by atoms with Crippen molar-refractivity contribution >= 4 is 31.7 Å². The quantitative estimate of drug-likeness (QED) is 0.00889. The van der Waals surface area contributed by atoms with Crippen molar-refractivity contribution < 1.29 is 122 Å². The van der Waals surface area contributed by atoms with Crippen molar-refractivity contribution in [2.75, 3.05) is 26.4 Å². The second kappa shape index (κ2) is 71.4. The predicted octanol–water partition coefficient (Wildman–Crippen LogP) is 17.9. The summed E-state index contributed by atoms with van der Waals surface area (Å²) in [6.07, 6.45) is 30.4. The Morgan fingerprint density at radius 2 is 0.636 bits per heavy atom. The zero-order chi connectivity index (χ0) is 86.1. The first kappa shape index (κ1) is 109. The highest BCUT2D eigenvalue weighted by Crippen LogP contribution is 2.49. The highest BCUT2D eigenvalue weighted by molar-refractivity contribution is 7.47. The van der Waals surface area contributed by atoms with Crippen LogP contribution >= 0.6 is 7.82 Å². The maximum absolute atomic E-state index is 14.9. The lowest BCUT2D eigenvalue weighted by Gasteiger charge is -2.50. The molecule has 26 heteroatoms. The third-order valence-corrected chi connectivity index (χ3v) is 24.5. The van der Waals surface area contributed by atoms with Crippen molar-refractivity contribution in [1.82, 2.24) is 0 Å². The van der Waals surface area contributed by atoms with Gasteiger partial charge in [-0.1, -0.05) is 354 Å². The fraction of sp³-hybridized carbons (Fsp3) is 0.935. The van der Waals surface area contributed by atoms with Gasteiger partial charge in [-0.2, -0.15) is 0 Å². The fourth-order valence-electron chi connectivity index (χ4n) is 15.9. The van der Waals surface area contributed by atoms with Gasteiger partial charge in [0.15, 0.2) is 24.8 Å². The summed E-state index contributed by atoms with van der Waals surface area (Å²) in [6, 6.07) is 0. The first-order chi connectivity index (χ1) is 57.2. The molecule has 1 aliphatic carbocycles. The van der Waals surface area contributed by atoms with Crippen LogP contribution in [0, 0.1) is 0 Å². The fourth-order valence-corrected chi connectivity index (χ4v) is 16.9. The van der Waals surface area contributed by atoms with E-state index in [1.54, 1.807) is 0 Å². The van der Waals surface area contributed by atoms with Crippen LogP contribution in [0.15, 0.2) is 12.2 Å². The van der Waals surface area contributed by atoms with Crippen molar-refractivity contribution in [1.29, 1.82) is 0 Å². The average molecular weight is 1710 g/mol. The lowest BCUT2D eigenvalue weighted by molar-refractivity contribution is -0.360. The smallest absolute Gasteiger partial charge is 0.463 e. The molecule has 0 aromatic carbocycles. The van der Waals surface area contributed by atoms with Crippen LogP contribution in [0.2, 0.25) is 0 Å². The van der Waals surface area contributed by atoms with Gasteiger partial charge >= 0.3 is 31.7 Å². The topological polar surface area (TPSA) is 380 Å². The molecule has 18 unspecified atom stereocenters. The van der Waals surface area contributed by atoms with Crippen LogP contribution in [0.3, 0.4) is 0 Å². The van der Waals surface area contributed by atoms with E-state index in [0.717, 1.165) is 148 Å². The van der Waals surface area contributed by atoms with Crippen LogP contribution < -0.4 is 0 Å². The van der Waals surface area contributed by atoms with Gasteiger partial charge in [-0.25, -0.2) is 4.57 Å². The Morgan fingerprint density at radius 3 is 1.02 bits per heavy atom. The van der Waals surface area contributed by atoms with Crippen LogP contribution in [-0.2, 0) is 70.7 Å². The minimum atomic E-state index is -5.80. The lowest BCUT2D eigenvalue weighted by atomic mass is 9.84. The number of phosphoric acid groups is 1. The molecule has 0 aromatic rings. The van der Waals surface area contributed by atoms with Crippen molar-refractivity contribution in [2.24, 2.45) is 0 Å². The summed E-state index contributed by atoms with van der Waals surface area (Å²) in [5.41, 5.74) is 0. The Labute approximate surface area is 712 Å². The second-order valence-corrected chi connectivity index (χ2v) is 35.6. The molecule has 0 amide bonds. The molecule has 2 aliphatic heterocycles. The van der Waals surface area contributed by atoms with E-state index in [-0.39, 0.29) is 25.7 Å². The van der Waals surface area contributed by atoms with Crippen molar-refractivity contribution in [2.45, 2.75) is 524 Å². The van der Waals surface area contributed by atoms with Gasteiger partial charge in [0.1, 0.15) is 92.6 Å². The van der Waals surface area contributed by atoms with Gasteiger partial charge in [-0.15, -0.1) is 0 Å². The van der Waals surface area contributed by atoms with Crippen molar-refractivity contribution in [3.63, 3.8) is 0 Å². The Morgan fingerprint density at radius 1 is 0.331 bits per heavy atom. The molecule has 2 saturated heterocycles. The maximum atomic E-state index is 14.9. The van der Waals surface area contributed by atoms with E-state index in [1.807, 2.05) is 0 Å². The number of carbonyl (C=O) groups is 4. The standard InChI is InChI=1S/C92H171O25P/c1-5-9-13-17-21-25-29-33-36-39-43-47-51-55-59-63-67-78(97)114-87-83(102)84(103)88(115-91-85(104)81(100)79(98)73(68-93)112-91)90(89(87)116-92-86(105)82(101)80(99)74(113-92)71-109-76(95)65-61-57-53-49-45-42-38-35-31-27-23-19-15-11-7-3)117-118(106,107)110-70-72(111-77(96)66-62-58-54-50-46-40-32-28-24-20-16-12-8-4)69-108-75(94)64-60-56-52-48-44-41-37-34-30-26-22-18-14-10-6-2/h26,30,72-74,79-93,98-105H,5-25,27-29,31-71H2,1-4H3,(H,106,107)/b30-26-. The summed E-state index contributed by atoms with van der Waals surface area (Å²) in [5.74, 6) is -2.95. The van der Waals surface area contributed by atoms with E-state index < -0.39 is 162 Å². The summed E-state index contributed by atoms with van der Waals surface area (Å²) in [6.45, 7) is 5.62. The number of unbranched alkanes of at least 4 members (excludes halogenated alkanes) is 52. The molecular weight excluding hydrogens is 1540 g/mol. The molecule has 0 aromatic heterocycles. The number of phosphoric ester groups is 1. The molecule has 0 spiro atoms. The third kappa shape index (κ3) is 51.0. The van der Waals surface area contributed by atoms with Crippen molar-refractivity contribution in [3.8, 4) is 0 Å². The van der Waals surface area contributed by atoms with Gasteiger partial charge in [-0.3, -0.25) is 28.2 Å². The Hall–Kier alpha value is -2.79. The monoisotopic (exact) mass is 1710 g/mol. The second-order valence-electron chi connectivity index (χ2n) is 34.2. The molecule has 3 fully saturated rings. The molecular formula is C92H171O25P. The molecule has 0 radical (unpaired) electrons. The number of aliphatic hydroxyl groups is 9. The summed E-state index contributed by atoms with van der Waals surface area (Å²) in [4.78, 5) is 66.5. The Kier molecular flexibility index (Phi) is 66.2. The maximum Gasteiger partial charge on any atom is 0.472 e. The van der Waals surface area contributed by atoms with Crippen LogP contribution in [0.25, 0.3) is 0 Å². The average Bonchev–Trinajstić information content (AvgIpc) is 0.753. The predicted molar refractivity (Wildman–Crippen MR) is 458 cm³/mol. The minimum Gasteiger partial charge on any atom is -0.463 e. The lowest BCUT2D eigenvalue weighted by Crippen LogP contribution is -2.70.